The van der Waals surface area contributed by atoms with Crippen LogP contribution in [0.5, 0.6) is 0 Å². The zero-order valence-electron chi connectivity index (χ0n) is 3.14. The van der Waals surface area contributed by atoms with Crippen molar-refractivity contribution in [2.75, 3.05) is 0 Å². The minimum absolute atomic E-state index is 0.785. The van der Waals surface area contributed by atoms with Gasteiger partial charge in [0.25, 0.3) is 0 Å². The molecule has 0 saturated heterocycles. The Morgan fingerprint density at radius 1 is 1.60 bits per heavy atom. The molecule has 0 radical (unpaired) electrons. The Morgan fingerprint density at radius 2 is 2.20 bits per heavy atom. The van der Waals surface area contributed by atoms with Crippen LogP contribution in [0.2, 0.25) is 0 Å². The van der Waals surface area contributed by atoms with E-state index in [1.54, 1.807) is 0 Å². The standard InChI is InChI=1S/C3H3O.Na/c1-2-3-4;/h1-3H;. The topological polar surface area (TPSA) is 17.1 Å². The van der Waals surface area contributed by atoms with Gasteiger partial charge in [0, 0.05) is 0 Å². The number of hydrogen-bond acceptors (Lipinski definition) is 1. The van der Waals surface area contributed by atoms with Crippen molar-refractivity contribution >= 4 is 34.2 Å². The molecule has 0 amide bonds. The molecule has 22 valence electrons. The van der Waals surface area contributed by atoms with E-state index in [4.69, 9.17) is 0 Å². The number of carbonyl (C=O) groups is 1. The normalized spacial score (nSPS) is 9.20. The summed E-state index contributed by atoms with van der Waals surface area (Å²) in [6.07, 6.45) is 2.29. The van der Waals surface area contributed by atoms with Crippen LogP contribution >= 0.6 is 0 Å². The second-order valence-corrected chi connectivity index (χ2v) is 1.33. The van der Waals surface area contributed by atoms with E-state index in [0.29, 0.717) is 0 Å². The number of allylic oxidation sites excluding steroid dienone is 1. The summed E-state index contributed by atoms with van der Waals surface area (Å²) < 4.78 is 1.83. The van der Waals surface area contributed by atoms with Gasteiger partial charge < -0.3 is 0 Å². The third-order valence-electron chi connectivity index (χ3n) is 0.271. The van der Waals surface area contributed by atoms with Crippen LogP contribution in [0, 0.1) is 0 Å². The Labute approximate surface area is 48.5 Å². The van der Waals surface area contributed by atoms with Gasteiger partial charge in [0.2, 0.25) is 0 Å². The van der Waals surface area contributed by atoms with Crippen LogP contribution in [0.1, 0.15) is 0 Å². The van der Waals surface area contributed by atoms with E-state index in [9.17, 15) is 4.79 Å². The first-order chi connectivity index (χ1) is 2.41. The van der Waals surface area contributed by atoms with Crippen LogP contribution in [0.3, 0.4) is 0 Å². The van der Waals surface area contributed by atoms with Gasteiger partial charge in [-0.1, -0.05) is 0 Å². The zero-order chi connectivity index (χ0) is 4.12. The van der Waals surface area contributed by atoms with Gasteiger partial charge in [-0.05, 0) is 0 Å². The van der Waals surface area contributed by atoms with Crippen molar-refractivity contribution < 1.29 is 4.79 Å². The molecule has 0 bridgehead atoms. The monoisotopic (exact) mass is 78.0 g/mol. The molecule has 0 fully saturated rings. The van der Waals surface area contributed by atoms with Gasteiger partial charge in [0.15, 0.2) is 0 Å². The summed E-state index contributed by atoms with van der Waals surface area (Å²) in [6, 6.07) is 0. The van der Waals surface area contributed by atoms with Crippen LogP contribution in [0.25, 0.3) is 0 Å². The fourth-order valence-electron chi connectivity index (χ4n) is 0.0786. The van der Waals surface area contributed by atoms with Crippen molar-refractivity contribution in [1.82, 2.24) is 0 Å². The van der Waals surface area contributed by atoms with Crippen LogP contribution < -0.4 is 0 Å². The van der Waals surface area contributed by atoms with Crippen molar-refractivity contribution in [3.8, 4) is 0 Å². The summed E-state index contributed by atoms with van der Waals surface area (Å²) in [4.78, 5) is 9.34. The summed E-state index contributed by atoms with van der Waals surface area (Å²) in [5.41, 5.74) is 0. The van der Waals surface area contributed by atoms with Crippen LogP contribution in [-0.4, -0.2) is 34.2 Å². The SMILES string of the molecule is O=CC=[CH][Na]. The molecule has 0 aliphatic heterocycles. The molecule has 0 aromatic rings. The Kier molecular flexibility index (Phi) is 4.77. The van der Waals surface area contributed by atoms with Crippen molar-refractivity contribution in [1.29, 1.82) is 0 Å². The third kappa shape index (κ3) is 4.41. The molecule has 1 nitrogen and oxygen atoms in total. The second-order valence-electron chi connectivity index (χ2n) is 0.662. The van der Waals surface area contributed by atoms with E-state index < -0.39 is 0 Å². The van der Waals surface area contributed by atoms with Gasteiger partial charge in [-0.3, -0.25) is 0 Å². The maximum atomic E-state index is 9.34. The number of hydrogen-bond donors (Lipinski definition) is 0. The van der Waals surface area contributed by atoms with E-state index in [1.807, 2.05) is 3.33 Å². The molecule has 0 spiro atoms. The summed E-state index contributed by atoms with van der Waals surface area (Å²) >= 11 is 0.987. The quantitative estimate of drug-likeness (QED) is 0.242. The third-order valence-corrected chi connectivity index (χ3v) is 0.656. The fourth-order valence-corrected chi connectivity index (χ4v) is 0.236. The van der Waals surface area contributed by atoms with Crippen molar-refractivity contribution in [3.63, 3.8) is 0 Å². The molecule has 2 heteroatoms. The predicted molar refractivity (Wildman–Crippen MR) is 21.0 cm³/mol. The molecule has 0 aliphatic rings. The Hall–Kier alpha value is 0.410. The molecule has 0 aliphatic carbocycles. The molecule has 5 heavy (non-hydrogen) atoms. The Morgan fingerprint density at radius 3 is 2.20 bits per heavy atom. The predicted octanol–water partition coefficient (Wildman–Crippen LogP) is -0.133. The average Bonchev–Trinajstić information content (AvgIpc) is 1.41. The number of aldehydes is 1. The number of rotatable bonds is 1. The summed E-state index contributed by atoms with van der Waals surface area (Å²) in [5, 5.41) is 0. The molecule has 0 aromatic carbocycles. The fraction of sp³-hybridized carbons (Fsp3) is 0. The van der Waals surface area contributed by atoms with Gasteiger partial charge in [-0.15, -0.1) is 0 Å². The maximum absolute atomic E-state index is 9.34. The van der Waals surface area contributed by atoms with E-state index in [2.05, 4.69) is 0 Å². The van der Waals surface area contributed by atoms with E-state index in [1.165, 1.54) is 6.08 Å². The first-order valence-corrected chi connectivity index (χ1v) is 2.63. The molecule has 0 heterocycles. The van der Waals surface area contributed by atoms with Gasteiger partial charge in [-0.2, -0.15) is 0 Å². The molecule has 0 N–H and O–H groups in total. The Balaban J connectivity index is 2.92. The first kappa shape index (κ1) is 5.41. The molecule has 0 aromatic heterocycles. The molecular weight excluding hydrogens is 75.0 g/mol. The minimum atomic E-state index is 0.785. The van der Waals surface area contributed by atoms with Crippen LogP contribution in [0.15, 0.2) is 9.40 Å². The van der Waals surface area contributed by atoms with Gasteiger partial charge in [-0.25, -0.2) is 0 Å². The summed E-state index contributed by atoms with van der Waals surface area (Å²) in [6.45, 7) is 0. The van der Waals surface area contributed by atoms with Crippen LogP contribution in [-0.2, 0) is 4.79 Å². The van der Waals surface area contributed by atoms with E-state index >= 15 is 0 Å². The van der Waals surface area contributed by atoms with Crippen molar-refractivity contribution in [2.24, 2.45) is 0 Å². The molecule has 0 unspecified atom stereocenters. The van der Waals surface area contributed by atoms with E-state index in [0.717, 1.165) is 34.2 Å². The van der Waals surface area contributed by atoms with Gasteiger partial charge >= 0.3 is 48.4 Å². The number of carbonyl (C=O) groups excluding carboxylic acids is 1. The summed E-state index contributed by atoms with van der Waals surface area (Å²) in [5.74, 6) is 0. The summed E-state index contributed by atoms with van der Waals surface area (Å²) in [7, 11) is 0. The molecular formula is C3H3NaO. The molecule has 0 atom stereocenters. The van der Waals surface area contributed by atoms with E-state index in [-0.39, 0.29) is 0 Å². The molecule has 0 rings (SSSR count). The van der Waals surface area contributed by atoms with Crippen molar-refractivity contribution in [2.45, 2.75) is 0 Å². The average molecular weight is 78.0 g/mol. The van der Waals surface area contributed by atoms with Crippen LogP contribution in [0.4, 0.5) is 0 Å². The second kappa shape index (κ2) is 4.41. The van der Waals surface area contributed by atoms with Gasteiger partial charge in [0.1, 0.15) is 0 Å². The van der Waals surface area contributed by atoms with Gasteiger partial charge in [0.05, 0.1) is 0 Å². The Bertz CT molecular complexity index is 48.9. The van der Waals surface area contributed by atoms with Crippen molar-refractivity contribution in [3.05, 3.63) is 9.40 Å². The first-order valence-electron chi connectivity index (χ1n) is 1.48. The molecule has 0 saturated carbocycles. The zero-order valence-corrected chi connectivity index (χ0v) is 5.14.